The van der Waals surface area contributed by atoms with Crippen LogP contribution in [0.5, 0.6) is 11.5 Å². The molecule has 0 radical (unpaired) electrons. The Morgan fingerprint density at radius 2 is 1.73 bits per heavy atom. The van der Waals surface area contributed by atoms with E-state index < -0.39 is 21.3 Å². The number of nitrogens with one attached hydrogen (secondary N) is 1. The SMILES string of the molecule is C/C=C/Cc1cc(/C=C/C(O)Nc2ccc(S(F)(F)(F)(F)F)cc2)cc(OC)c1O. The molecule has 0 aliphatic carbocycles. The van der Waals surface area contributed by atoms with Crippen molar-refractivity contribution in [1.29, 1.82) is 0 Å². The van der Waals surface area contributed by atoms with Gasteiger partial charge in [-0.05, 0) is 61.4 Å². The molecule has 3 N–H and O–H groups in total. The number of phenols is 1. The molecule has 0 aromatic heterocycles. The average Bonchev–Trinajstić information content (AvgIpc) is 2.64. The van der Waals surface area contributed by atoms with Crippen molar-refractivity contribution in [3.63, 3.8) is 0 Å². The van der Waals surface area contributed by atoms with Crippen molar-refractivity contribution in [2.24, 2.45) is 0 Å². The van der Waals surface area contributed by atoms with Crippen molar-refractivity contribution in [3.05, 3.63) is 65.8 Å². The predicted octanol–water partition coefficient (Wildman–Crippen LogP) is 6.62. The van der Waals surface area contributed by atoms with Gasteiger partial charge in [0.15, 0.2) is 11.5 Å². The van der Waals surface area contributed by atoms with Gasteiger partial charge in [0.05, 0.1) is 7.11 Å². The minimum Gasteiger partial charge on any atom is -0.504 e. The molecule has 166 valence electrons. The molecule has 0 spiro atoms. The van der Waals surface area contributed by atoms with E-state index in [4.69, 9.17) is 4.74 Å². The number of aromatic hydroxyl groups is 1. The number of hydrogen-bond donors (Lipinski definition) is 3. The maximum absolute atomic E-state index is 12.7. The first kappa shape index (κ1) is 23.6. The molecule has 0 bridgehead atoms. The van der Waals surface area contributed by atoms with Crippen LogP contribution in [0.15, 0.2) is 59.5 Å². The van der Waals surface area contributed by atoms with Crippen molar-refractivity contribution < 1.29 is 34.4 Å². The Labute approximate surface area is 171 Å². The number of rotatable bonds is 8. The molecule has 0 heterocycles. The Morgan fingerprint density at radius 1 is 1.10 bits per heavy atom. The van der Waals surface area contributed by atoms with Crippen LogP contribution in [-0.2, 0) is 6.42 Å². The highest BCUT2D eigenvalue weighted by atomic mass is 32.5. The Bertz CT molecular complexity index is 958. The molecule has 2 rings (SSSR count). The molecule has 0 aliphatic rings. The topological polar surface area (TPSA) is 61.7 Å². The summed E-state index contributed by atoms with van der Waals surface area (Å²) in [6.07, 6.45) is 5.64. The highest BCUT2D eigenvalue weighted by Crippen LogP contribution is 3.02. The fourth-order valence-corrected chi connectivity index (χ4v) is 3.22. The minimum absolute atomic E-state index is 0.00420. The zero-order valence-electron chi connectivity index (χ0n) is 16.2. The number of allylic oxidation sites excluding steroid dienone is 2. The number of aliphatic hydroxyl groups is 1. The quantitative estimate of drug-likeness (QED) is 0.240. The van der Waals surface area contributed by atoms with Crippen LogP contribution in [-0.4, -0.2) is 23.6 Å². The van der Waals surface area contributed by atoms with Crippen LogP contribution in [0.2, 0.25) is 0 Å². The number of ether oxygens (including phenoxy) is 1. The largest absolute Gasteiger partial charge is 0.504 e. The summed E-state index contributed by atoms with van der Waals surface area (Å²) < 4.78 is 68.8. The van der Waals surface area contributed by atoms with Crippen LogP contribution in [0.1, 0.15) is 18.1 Å². The van der Waals surface area contributed by atoms with Crippen LogP contribution >= 0.6 is 10.2 Å². The third kappa shape index (κ3) is 6.39. The first-order valence-electron chi connectivity index (χ1n) is 8.71. The van der Waals surface area contributed by atoms with Gasteiger partial charge < -0.3 is 20.3 Å². The van der Waals surface area contributed by atoms with E-state index in [0.717, 1.165) is 12.1 Å². The molecule has 10 heteroatoms. The molecule has 4 nitrogen and oxygen atoms in total. The van der Waals surface area contributed by atoms with Crippen molar-refractivity contribution in [2.75, 3.05) is 12.4 Å². The summed E-state index contributed by atoms with van der Waals surface area (Å²) in [5, 5.41) is 22.7. The first-order valence-corrected chi connectivity index (χ1v) is 10.7. The second-order valence-corrected chi connectivity index (χ2v) is 8.86. The fraction of sp³-hybridized carbons (Fsp3) is 0.200. The molecular weight excluding hydrogens is 429 g/mol. The molecule has 0 amide bonds. The Morgan fingerprint density at radius 3 is 2.27 bits per heavy atom. The lowest BCUT2D eigenvalue weighted by Crippen LogP contribution is -2.15. The summed E-state index contributed by atoms with van der Waals surface area (Å²) in [4.78, 5) is -2.00. The summed E-state index contributed by atoms with van der Waals surface area (Å²) in [5.74, 6) is 0.237. The summed E-state index contributed by atoms with van der Waals surface area (Å²) in [5.41, 5.74) is 1.22. The average molecular weight is 451 g/mol. The third-order valence-electron chi connectivity index (χ3n) is 4.05. The first-order chi connectivity index (χ1) is 13.7. The Balaban J connectivity index is 2.16. The van der Waals surface area contributed by atoms with Crippen molar-refractivity contribution in [2.45, 2.75) is 24.5 Å². The van der Waals surface area contributed by atoms with Gasteiger partial charge >= 0.3 is 10.2 Å². The molecular formula is C20H22F5NO3S. The van der Waals surface area contributed by atoms with E-state index in [0.29, 0.717) is 17.5 Å². The molecule has 0 saturated heterocycles. The van der Waals surface area contributed by atoms with Gasteiger partial charge in [-0.2, -0.15) is 0 Å². The molecule has 0 aliphatic heterocycles. The highest BCUT2D eigenvalue weighted by molar-refractivity contribution is 8.45. The second kappa shape index (κ2) is 7.84. The second-order valence-electron chi connectivity index (χ2n) is 6.45. The van der Waals surface area contributed by atoms with Gasteiger partial charge in [0.2, 0.25) is 0 Å². The van der Waals surface area contributed by atoms with Gasteiger partial charge in [0.25, 0.3) is 0 Å². The number of hydrogen-bond acceptors (Lipinski definition) is 4. The Hall–Kier alpha value is -2.72. The van der Waals surface area contributed by atoms with Gasteiger partial charge in [-0.3, -0.25) is 0 Å². The number of aliphatic hydroxyl groups excluding tert-OH is 1. The number of phenolic OH excluding ortho intramolecular Hbond substituents is 1. The van der Waals surface area contributed by atoms with Crippen molar-refractivity contribution in [1.82, 2.24) is 0 Å². The van der Waals surface area contributed by atoms with Crippen LogP contribution in [0.3, 0.4) is 0 Å². The zero-order chi connectivity index (χ0) is 22.6. The zero-order valence-corrected chi connectivity index (χ0v) is 17.0. The molecule has 2 aromatic rings. The molecule has 0 saturated carbocycles. The van der Waals surface area contributed by atoms with Crippen LogP contribution in [0.4, 0.5) is 25.1 Å². The maximum atomic E-state index is 12.7. The maximum Gasteiger partial charge on any atom is 0.310 e. The highest BCUT2D eigenvalue weighted by Gasteiger charge is 2.65. The van der Waals surface area contributed by atoms with Crippen molar-refractivity contribution in [3.8, 4) is 11.5 Å². The predicted molar refractivity (Wildman–Crippen MR) is 110 cm³/mol. The summed E-state index contributed by atoms with van der Waals surface area (Å²) in [7, 11) is -8.34. The van der Waals surface area contributed by atoms with E-state index in [9.17, 15) is 29.6 Å². The van der Waals surface area contributed by atoms with Gasteiger partial charge in [0, 0.05) is 11.3 Å². The van der Waals surface area contributed by atoms with E-state index >= 15 is 0 Å². The fourth-order valence-electron chi connectivity index (χ4n) is 2.57. The van der Waals surface area contributed by atoms with Gasteiger partial charge in [-0.25, -0.2) is 0 Å². The lowest BCUT2D eigenvalue weighted by molar-refractivity contribution is 0.253. The van der Waals surface area contributed by atoms with Gasteiger partial charge in [-0.15, -0.1) is 0 Å². The smallest absolute Gasteiger partial charge is 0.310 e. The number of benzene rings is 2. The summed E-state index contributed by atoms with van der Waals surface area (Å²) in [6.45, 7) is 1.84. The molecule has 1 atom stereocenters. The number of anilines is 1. The Kier molecular flexibility index (Phi) is 6.16. The number of halogens is 5. The minimum atomic E-state index is -9.73. The van der Waals surface area contributed by atoms with Crippen LogP contribution in [0, 0.1) is 0 Å². The third-order valence-corrected chi connectivity index (χ3v) is 5.22. The molecule has 30 heavy (non-hydrogen) atoms. The molecule has 1 unspecified atom stereocenters. The monoisotopic (exact) mass is 451 g/mol. The summed E-state index contributed by atoms with van der Waals surface area (Å²) in [6, 6.07) is 5.37. The molecule has 2 aromatic carbocycles. The van der Waals surface area contributed by atoms with Gasteiger partial charge in [0.1, 0.15) is 11.1 Å². The van der Waals surface area contributed by atoms with E-state index in [1.807, 2.05) is 19.1 Å². The van der Waals surface area contributed by atoms with Crippen molar-refractivity contribution >= 4 is 22.0 Å². The van der Waals surface area contributed by atoms with E-state index in [1.54, 1.807) is 12.1 Å². The van der Waals surface area contributed by atoms with Gasteiger partial charge in [-0.1, -0.05) is 37.7 Å². The van der Waals surface area contributed by atoms with Crippen LogP contribution < -0.4 is 10.1 Å². The van der Waals surface area contributed by atoms with E-state index in [2.05, 4.69) is 5.32 Å². The molecule has 0 fully saturated rings. The normalized spacial score (nSPS) is 15.7. The number of methoxy groups -OCH3 is 1. The van der Waals surface area contributed by atoms with Crippen LogP contribution in [0.25, 0.3) is 6.08 Å². The summed E-state index contributed by atoms with van der Waals surface area (Å²) >= 11 is 0. The van der Waals surface area contributed by atoms with E-state index in [-0.39, 0.29) is 29.3 Å². The standard InChI is InChI=1S/C20H22F5NO3S/c1-3-4-5-15-12-14(13-18(29-2)20(15)28)6-11-19(27)26-16-7-9-17(10-8-16)30(21,22,23,24)25/h3-4,6-13,19,26-28H,5H2,1-2H3/b4-3+,11-6+. The lowest BCUT2D eigenvalue weighted by Gasteiger charge is -2.40. The lowest BCUT2D eigenvalue weighted by atomic mass is 10.0. The van der Waals surface area contributed by atoms with E-state index in [1.165, 1.54) is 19.3 Å².